The van der Waals surface area contributed by atoms with Gasteiger partial charge in [-0.3, -0.25) is 0 Å². The van der Waals surface area contributed by atoms with Crippen molar-refractivity contribution < 1.29 is 9.84 Å². The van der Waals surface area contributed by atoms with E-state index in [2.05, 4.69) is 36.5 Å². The van der Waals surface area contributed by atoms with Crippen LogP contribution in [0.4, 0.5) is 0 Å². The highest BCUT2D eigenvalue weighted by Crippen LogP contribution is 2.61. The number of benzene rings is 1. The van der Waals surface area contributed by atoms with Gasteiger partial charge < -0.3 is 15.2 Å². The molecule has 4 aliphatic rings. The second-order valence-corrected chi connectivity index (χ2v) is 9.44. The molecule has 0 aromatic heterocycles. The first kappa shape index (κ1) is 18.5. The van der Waals surface area contributed by atoms with E-state index in [1.54, 1.807) is 0 Å². The van der Waals surface area contributed by atoms with E-state index < -0.39 is 6.10 Å². The van der Waals surface area contributed by atoms with Crippen molar-refractivity contribution in [2.45, 2.75) is 64.0 Å². The van der Waals surface area contributed by atoms with Gasteiger partial charge >= 0.3 is 0 Å². The van der Waals surface area contributed by atoms with Crippen molar-refractivity contribution in [3.8, 4) is 0 Å². The average Bonchev–Trinajstić information content (AvgIpc) is 2.63. The van der Waals surface area contributed by atoms with Crippen LogP contribution in [0.5, 0.6) is 0 Å². The number of nitrogens with one attached hydrogen (secondary N) is 1. The lowest BCUT2D eigenvalue weighted by molar-refractivity contribution is -0.0730. The summed E-state index contributed by atoms with van der Waals surface area (Å²) >= 11 is 0. The molecule has 1 aromatic rings. The molecule has 4 aliphatic carbocycles. The molecule has 144 valence electrons. The van der Waals surface area contributed by atoms with Crippen molar-refractivity contribution in [2.24, 2.45) is 23.2 Å². The van der Waals surface area contributed by atoms with Crippen molar-refractivity contribution in [2.75, 3.05) is 19.8 Å². The molecule has 2 N–H and O–H groups in total. The third-order valence-corrected chi connectivity index (χ3v) is 7.21. The van der Waals surface area contributed by atoms with Gasteiger partial charge in [-0.1, -0.05) is 30.3 Å². The molecule has 1 aromatic carbocycles. The number of aliphatic hydroxyl groups is 1. The maximum atomic E-state index is 10.2. The Balaban J connectivity index is 1.14. The van der Waals surface area contributed by atoms with Crippen molar-refractivity contribution in [3.05, 3.63) is 35.9 Å². The lowest BCUT2D eigenvalue weighted by Gasteiger charge is -2.57. The third kappa shape index (κ3) is 4.32. The van der Waals surface area contributed by atoms with Gasteiger partial charge in [0.15, 0.2) is 0 Å². The molecule has 4 bridgehead atoms. The van der Waals surface area contributed by atoms with Gasteiger partial charge in [-0.15, -0.1) is 0 Å². The first-order chi connectivity index (χ1) is 12.6. The molecule has 4 saturated carbocycles. The molecule has 3 nitrogen and oxygen atoms in total. The molecule has 2 atom stereocenters. The summed E-state index contributed by atoms with van der Waals surface area (Å²) in [5.74, 6) is 3.03. The quantitative estimate of drug-likeness (QED) is 0.647. The van der Waals surface area contributed by atoms with Crippen LogP contribution in [0, 0.1) is 23.2 Å². The van der Waals surface area contributed by atoms with E-state index in [4.69, 9.17) is 4.74 Å². The standard InChI is InChI=1S/C23H35NO2/c1-17(21-5-3-2-4-6-21)24-15-22(25)16-26-8-7-23-12-18-9-19(13-23)11-20(10-18)14-23/h2-6,17-20,22,24-25H,7-16H2,1H3/t17-,18?,19?,20?,22-,23?/m1/s1. The van der Waals surface area contributed by atoms with Gasteiger partial charge in [0.1, 0.15) is 0 Å². The molecule has 26 heavy (non-hydrogen) atoms. The minimum Gasteiger partial charge on any atom is -0.389 e. The zero-order valence-corrected chi connectivity index (χ0v) is 16.2. The SMILES string of the molecule is C[C@@H](NC[C@@H](O)COCCC12CC3CC(CC(C3)C1)C2)c1ccccc1. The summed E-state index contributed by atoms with van der Waals surface area (Å²) in [6, 6.07) is 10.6. The summed E-state index contributed by atoms with van der Waals surface area (Å²) in [7, 11) is 0. The molecule has 0 aliphatic heterocycles. The zero-order valence-electron chi connectivity index (χ0n) is 16.2. The maximum Gasteiger partial charge on any atom is 0.0897 e. The number of rotatable bonds is 9. The second kappa shape index (κ2) is 8.00. The Morgan fingerprint density at radius 3 is 2.31 bits per heavy atom. The van der Waals surface area contributed by atoms with Crippen LogP contribution in [0.1, 0.15) is 63.5 Å². The fraction of sp³-hybridized carbons (Fsp3) is 0.739. The summed E-state index contributed by atoms with van der Waals surface area (Å²) in [4.78, 5) is 0. The van der Waals surface area contributed by atoms with Crippen LogP contribution >= 0.6 is 0 Å². The van der Waals surface area contributed by atoms with E-state index in [9.17, 15) is 5.11 Å². The average molecular weight is 358 g/mol. The van der Waals surface area contributed by atoms with Crippen LogP contribution in [0.3, 0.4) is 0 Å². The fourth-order valence-electron chi connectivity index (χ4n) is 6.34. The largest absolute Gasteiger partial charge is 0.389 e. The predicted octanol–water partition coefficient (Wildman–Crippen LogP) is 4.32. The van der Waals surface area contributed by atoms with Gasteiger partial charge in [-0.25, -0.2) is 0 Å². The normalized spacial score (nSPS) is 34.8. The van der Waals surface area contributed by atoms with E-state index in [1.165, 1.54) is 50.5 Å². The molecule has 0 spiro atoms. The Hall–Kier alpha value is -0.900. The zero-order chi connectivity index (χ0) is 18.0. The highest BCUT2D eigenvalue weighted by molar-refractivity contribution is 5.18. The summed E-state index contributed by atoms with van der Waals surface area (Å²) in [5.41, 5.74) is 1.84. The van der Waals surface area contributed by atoms with Crippen molar-refractivity contribution in [1.29, 1.82) is 0 Å². The summed E-state index contributed by atoms with van der Waals surface area (Å²) in [5, 5.41) is 13.6. The molecule has 0 unspecified atom stereocenters. The third-order valence-electron chi connectivity index (χ3n) is 7.21. The van der Waals surface area contributed by atoms with Gasteiger partial charge in [0.25, 0.3) is 0 Å². The predicted molar refractivity (Wildman–Crippen MR) is 105 cm³/mol. The van der Waals surface area contributed by atoms with E-state index in [-0.39, 0.29) is 6.04 Å². The van der Waals surface area contributed by atoms with Crippen molar-refractivity contribution in [3.63, 3.8) is 0 Å². The first-order valence-corrected chi connectivity index (χ1v) is 10.7. The number of hydrogen-bond donors (Lipinski definition) is 2. The summed E-state index contributed by atoms with van der Waals surface area (Å²) in [6.45, 7) is 3.97. The highest BCUT2D eigenvalue weighted by atomic mass is 16.5. The molecule has 3 heteroatoms. The van der Waals surface area contributed by atoms with Gasteiger partial charge in [0, 0.05) is 19.2 Å². The van der Waals surface area contributed by atoms with Gasteiger partial charge in [0.2, 0.25) is 0 Å². The van der Waals surface area contributed by atoms with Crippen LogP contribution in [0.25, 0.3) is 0 Å². The van der Waals surface area contributed by atoms with Gasteiger partial charge in [-0.05, 0) is 80.6 Å². The van der Waals surface area contributed by atoms with E-state index in [1.807, 2.05) is 6.07 Å². The molecule has 5 rings (SSSR count). The lowest BCUT2D eigenvalue weighted by Crippen LogP contribution is -2.46. The Morgan fingerprint density at radius 2 is 1.69 bits per heavy atom. The first-order valence-electron chi connectivity index (χ1n) is 10.7. The Kier molecular flexibility index (Phi) is 5.68. The molecule has 4 fully saturated rings. The number of hydrogen-bond acceptors (Lipinski definition) is 3. The fourth-order valence-corrected chi connectivity index (χ4v) is 6.34. The van der Waals surface area contributed by atoms with Crippen LogP contribution < -0.4 is 5.32 Å². The Morgan fingerprint density at radius 1 is 1.08 bits per heavy atom. The molecular weight excluding hydrogens is 322 g/mol. The highest BCUT2D eigenvalue weighted by Gasteiger charge is 2.50. The Labute approximate surface area is 158 Å². The number of ether oxygens (including phenoxy) is 1. The molecule has 0 radical (unpaired) electrons. The monoisotopic (exact) mass is 357 g/mol. The molecular formula is C23H35NO2. The van der Waals surface area contributed by atoms with Gasteiger partial charge in [-0.2, -0.15) is 0 Å². The minimum atomic E-state index is -0.433. The van der Waals surface area contributed by atoms with E-state index >= 15 is 0 Å². The van der Waals surface area contributed by atoms with Crippen LogP contribution in [0.15, 0.2) is 30.3 Å². The molecule has 0 amide bonds. The summed E-state index contributed by atoms with van der Waals surface area (Å²) < 4.78 is 5.88. The maximum absolute atomic E-state index is 10.2. The number of aliphatic hydroxyl groups excluding tert-OH is 1. The van der Waals surface area contributed by atoms with E-state index in [0.717, 1.165) is 24.4 Å². The van der Waals surface area contributed by atoms with Crippen LogP contribution in [-0.2, 0) is 4.74 Å². The summed E-state index contributed by atoms with van der Waals surface area (Å²) in [6.07, 6.45) is 9.62. The second-order valence-electron chi connectivity index (χ2n) is 9.44. The van der Waals surface area contributed by atoms with Gasteiger partial charge in [0.05, 0.1) is 12.7 Å². The van der Waals surface area contributed by atoms with Crippen molar-refractivity contribution in [1.82, 2.24) is 5.32 Å². The smallest absolute Gasteiger partial charge is 0.0897 e. The minimum absolute atomic E-state index is 0.248. The topological polar surface area (TPSA) is 41.5 Å². The molecule has 0 heterocycles. The lowest BCUT2D eigenvalue weighted by atomic mass is 9.49. The Bertz CT molecular complexity index is 538. The molecule has 0 saturated heterocycles. The van der Waals surface area contributed by atoms with E-state index in [0.29, 0.717) is 18.6 Å². The van der Waals surface area contributed by atoms with Crippen molar-refractivity contribution >= 4 is 0 Å². The van der Waals surface area contributed by atoms with Crippen LogP contribution in [0.2, 0.25) is 0 Å². The van der Waals surface area contributed by atoms with Crippen LogP contribution in [-0.4, -0.2) is 31.0 Å².